The van der Waals surface area contributed by atoms with Crippen LogP contribution in [-0.2, 0) is 18.9 Å². The number of carbonyl (C=O) groups is 2. The predicted octanol–water partition coefficient (Wildman–Crippen LogP) is 2.95. The standard InChI is InChI=1S/C8H16O4.C4H6O3.CH4.CH3/c1-4-7(3)12-8(10)11-5-6(2)9;1-3-2-6-4(5)7-3;;/h6-7,9H,4-5H2,1-3H3;3H,2H2,1H3;1H4;1H3/q;;;-1. The minimum absolute atomic E-state index is 0. The van der Waals surface area contributed by atoms with Crippen LogP contribution >= 0.6 is 0 Å². The molecular weight excluding hydrogens is 280 g/mol. The summed E-state index contributed by atoms with van der Waals surface area (Å²) in [4.78, 5) is 20.8. The summed E-state index contributed by atoms with van der Waals surface area (Å²) in [6.45, 7) is 7.39. The fourth-order valence-electron chi connectivity index (χ4n) is 0.888. The first-order valence-electron chi connectivity index (χ1n) is 6.20. The van der Waals surface area contributed by atoms with E-state index in [0.29, 0.717) is 6.61 Å². The van der Waals surface area contributed by atoms with E-state index in [-0.39, 0.29) is 33.7 Å². The van der Waals surface area contributed by atoms with E-state index in [1.165, 1.54) is 6.92 Å². The van der Waals surface area contributed by atoms with Gasteiger partial charge in [0, 0.05) is 0 Å². The van der Waals surface area contributed by atoms with E-state index < -0.39 is 18.4 Å². The molecule has 1 aliphatic heterocycles. The van der Waals surface area contributed by atoms with Gasteiger partial charge < -0.3 is 31.5 Å². The van der Waals surface area contributed by atoms with Crippen molar-refractivity contribution in [2.24, 2.45) is 0 Å². The molecule has 0 aromatic carbocycles. The summed E-state index contributed by atoms with van der Waals surface area (Å²) < 4.78 is 18.2. The first kappa shape index (κ1) is 24.5. The predicted molar refractivity (Wildman–Crippen MR) is 78.9 cm³/mol. The largest absolute Gasteiger partial charge is 0.508 e. The molecule has 1 N–H and O–H groups in total. The van der Waals surface area contributed by atoms with Gasteiger partial charge in [-0.15, -0.1) is 0 Å². The summed E-state index contributed by atoms with van der Waals surface area (Å²) in [6, 6.07) is 0. The quantitative estimate of drug-likeness (QED) is 0.630. The van der Waals surface area contributed by atoms with Crippen LogP contribution in [0.25, 0.3) is 0 Å². The number of cyclic esters (lactones) is 2. The van der Waals surface area contributed by atoms with Gasteiger partial charge in [0.25, 0.3) is 0 Å². The first-order chi connectivity index (χ1) is 8.85. The molecule has 7 heteroatoms. The van der Waals surface area contributed by atoms with Gasteiger partial charge in [0.05, 0.1) is 6.10 Å². The zero-order valence-electron chi connectivity index (χ0n) is 12.8. The zero-order valence-corrected chi connectivity index (χ0v) is 12.8. The fourth-order valence-corrected chi connectivity index (χ4v) is 0.888. The molecule has 128 valence electrons. The summed E-state index contributed by atoms with van der Waals surface area (Å²) in [5.41, 5.74) is 0. The average Bonchev–Trinajstić information content (AvgIpc) is 2.71. The van der Waals surface area contributed by atoms with Crippen molar-refractivity contribution in [1.29, 1.82) is 0 Å². The van der Waals surface area contributed by atoms with Crippen LogP contribution in [0, 0.1) is 7.43 Å². The van der Waals surface area contributed by atoms with Gasteiger partial charge in [-0.1, -0.05) is 14.4 Å². The highest BCUT2D eigenvalue weighted by atomic mass is 16.8. The van der Waals surface area contributed by atoms with E-state index in [2.05, 4.69) is 14.2 Å². The second-order valence-electron chi connectivity index (χ2n) is 4.24. The Hall–Kier alpha value is -1.50. The van der Waals surface area contributed by atoms with Gasteiger partial charge in [0.15, 0.2) is 0 Å². The molecule has 1 fully saturated rings. The number of hydrogen-bond donors (Lipinski definition) is 1. The van der Waals surface area contributed by atoms with Crippen molar-refractivity contribution in [3.8, 4) is 0 Å². The van der Waals surface area contributed by atoms with Crippen molar-refractivity contribution in [2.45, 2.75) is 59.9 Å². The highest BCUT2D eigenvalue weighted by Gasteiger charge is 2.19. The van der Waals surface area contributed by atoms with Crippen LogP contribution in [0.15, 0.2) is 0 Å². The number of aliphatic hydroxyl groups excluding tert-OH is 1. The maximum Gasteiger partial charge on any atom is 0.508 e. The Kier molecular flexibility index (Phi) is 15.7. The molecule has 0 spiro atoms. The second-order valence-corrected chi connectivity index (χ2v) is 4.24. The molecule has 1 saturated heterocycles. The van der Waals surface area contributed by atoms with E-state index in [1.807, 2.05) is 6.92 Å². The van der Waals surface area contributed by atoms with Crippen molar-refractivity contribution < 1.29 is 33.6 Å². The number of rotatable bonds is 4. The fraction of sp³-hybridized carbons (Fsp3) is 0.786. The maximum atomic E-state index is 10.8. The van der Waals surface area contributed by atoms with E-state index >= 15 is 0 Å². The molecule has 1 aliphatic rings. The summed E-state index contributed by atoms with van der Waals surface area (Å²) >= 11 is 0. The Morgan fingerprint density at radius 1 is 1.48 bits per heavy atom. The Morgan fingerprint density at radius 3 is 2.33 bits per heavy atom. The maximum absolute atomic E-state index is 10.8. The van der Waals surface area contributed by atoms with E-state index in [9.17, 15) is 9.59 Å². The lowest BCUT2D eigenvalue weighted by molar-refractivity contribution is 0.00500. The average molecular weight is 309 g/mol. The van der Waals surface area contributed by atoms with E-state index in [1.54, 1.807) is 13.8 Å². The molecule has 0 aliphatic carbocycles. The molecule has 7 nitrogen and oxygen atoms in total. The lowest BCUT2D eigenvalue weighted by Crippen LogP contribution is -2.19. The zero-order chi connectivity index (χ0) is 14.8. The van der Waals surface area contributed by atoms with Crippen LogP contribution in [0.5, 0.6) is 0 Å². The molecule has 0 radical (unpaired) electrons. The van der Waals surface area contributed by atoms with Gasteiger partial charge >= 0.3 is 12.3 Å². The Bertz CT molecular complexity index is 278. The van der Waals surface area contributed by atoms with Crippen LogP contribution in [-0.4, -0.2) is 48.9 Å². The number of ether oxygens (including phenoxy) is 4. The minimum atomic E-state index is -0.717. The summed E-state index contributed by atoms with van der Waals surface area (Å²) in [5, 5.41) is 8.76. The lowest BCUT2D eigenvalue weighted by Gasteiger charge is -2.11. The second kappa shape index (κ2) is 13.5. The molecule has 21 heavy (non-hydrogen) atoms. The normalized spacial score (nSPS) is 18.3. The molecule has 0 saturated carbocycles. The highest BCUT2D eigenvalue weighted by molar-refractivity contribution is 5.61. The molecule has 3 atom stereocenters. The number of hydrogen-bond acceptors (Lipinski definition) is 7. The van der Waals surface area contributed by atoms with Gasteiger partial charge in [0.1, 0.15) is 25.4 Å². The molecule has 1 heterocycles. The molecule has 0 aromatic heterocycles. The topological polar surface area (TPSA) is 91.3 Å². The molecule has 0 bridgehead atoms. The van der Waals surface area contributed by atoms with Gasteiger partial charge in [-0.05, 0) is 27.2 Å². The first-order valence-corrected chi connectivity index (χ1v) is 6.20. The monoisotopic (exact) mass is 309 g/mol. The van der Waals surface area contributed by atoms with Crippen LogP contribution in [0.1, 0.15) is 41.5 Å². The van der Waals surface area contributed by atoms with Crippen molar-refractivity contribution >= 4 is 12.3 Å². The third-order valence-corrected chi connectivity index (χ3v) is 2.05. The van der Waals surface area contributed by atoms with E-state index in [4.69, 9.17) is 9.84 Å². The van der Waals surface area contributed by atoms with Gasteiger partial charge in [-0.2, -0.15) is 0 Å². The molecular formula is C14H29O7-. The Labute approximate surface area is 127 Å². The summed E-state index contributed by atoms with van der Waals surface area (Å²) in [6.07, 6.45) is -1.34. The van der Waals surface area contributed by atoms with Crippen molar-refractivity contribution in [3.05, 3.63) is 7.43 Å². The van der Waals surface area contributed by atoms with E-state index in [0.717, 1.165) is 6.42 Å². The lowest BCUT2D eigenvalue weighted by atomic mass is 10.3. The Morgan fingerprint density at radius 2 is 2.05 bits per heavy atom. The van der Waals surface area contributed by atoms with Crippen LogP contribution in [0.4, 0.5) is 9.59 Å². The van der Waals surface area contributed by atoms with Gasteiger partial charge in [-0.3, -0.25) is 0 Å². The smallest absolute Gasteiger partial charge is 0.432 e. The molecule has 3 unspecified atom stereocenters. The number of aliphatic hydroxyl groups is 1. The Balaban J connectivity index is -0.000000310. The van der Waals surface area contributed by atoms with Crippen LogP contribution in [0.2, 0.25) is 0 Å². The molecule has 0 amide bonds. The van der Waals surface area contributed by atoms with Gasteiger partial charge in [0.2, 0.25) is 0 Å². The minimum Gasteiger partial charge on any atom is -0.432 e. The van der Waals surface area contributed by atoms with Crippen molar-refractivity contribution in [3.63, 3.8) is 0 Å². The SMILES string of the molecule is C.CC1COC(=O)O1.CCC(C)OC(=O)OCC(C)O.[CH3-]. The molecule has 0 aromatic rings. The third-order valence-electron chi connectivity index (χ3n) is 2.05. The van der Waals surface area contributed by atoms with Gasteiger partial charge in [-0.25, -0.2) is 9.59 Å². The highest BCUT2D eigenvalue weighted by Crippen LogP contribution is 2.03. The summed E-state index contributed by atoms with van der Waals surface area (Å²) in [5.74, 6) is 0. The van der Waals surface area contributed by atoms with Crippen molar-refractivity contribution in [2.75, 3.05) is 13.2 Å². The van der Waals surface area contributed by atoms with Crippen LogP contribution < -0.4 is 0 Å². The number of carbonyl (C=O) groups excluding carboxylic acids is 2. The summed E-state index contributed by atoms with van der Waals surface area (Å²) in [7, 11) is 0. The van der Waals surface area contributed by atoms with Crippen LogP contribution in [0.3, 0.4) is 0 Å². The van der Waals surface area contributed by atoms with Crippen molar-refractivity contribution in [1.82, 2.24) is 0 Å². The molecule has 1 rings (SSSR count). The third kappa shape index (κ3) is 14.7.